The molecule has 74 valence electrons. The Kier molecular flexibility index (Phi) is 3.60. The predicted molar refractivity (Wildman–Crippen MR) is 52.1 cm³/mol. The zero-order valence-electron chi connectivity index (χ0n) is 7.80. The second-order valence-corrected chi connectivity index (χ2v) is 2.45. The molecule has 5 heteroatoms. The van der Waals surface area contributed by atoms with E-state index in [1.54, 1.807) is 6.92 Å². The van der Waals surface area contributed by atoms with Gasteiger partial charge in [0, 0.05) is 6.08 Å². The number of anilines is 1. The first-order chi connectivity index (χ1) is 6.72. The molecule has 0 fully saturated rings. The number of nitrogens with zero attached hydrogens (tertiary/aromatic N) is 2. The molecule has 0 spiro atoms. The van der Waals surface area contributed by atoms with Crippen molar-refractivity contribution < 1.29 is 9.53 Å². The maximum absolute atomic E-state index is 10.9. The molecule has 0 aliphatic heterocycles. The minimum atomic E-state index is -0.397. The number of ether oxygens (including phenoxy) is 1. The smallest absolute Gasteiger partial charge is 0.330 e. The zero-order chi connectivity index (χ0) is 10.4. The quantitative estimate of drug-likeness (QED) is 0.562. The molecule has 2 N–H and O–H groups in total. The maximum atomic E-state index is 10.9. The van der Waals surface area contributed by atoms with Gasteiger partial charge in [0.1, 0.15) is 5.82 Å². The zero-order valence-corrected chi connectivity index (χ0v) is 7.80. The lowest BCUT2D eigenvalue weighted by Crippen LogP contribution is -1.99. The van der Waals surface area contributed by atoms with Gasteiger partial charge in [-0.3, -0.25) is 4.98 Å². The molecule has 0 unspecified atom stereocenters. The molecule has 1 heterocycles. The van der Waals surface area contributed by atoms with Gasteiger partial charge in [-0.05, 0) is 13.0 Å². The molecule has 1 aromatic heterocycles. The largest absolute Gasteiger partial charge is 0.463 e. The van der Waals surface area contributed by atoms with Crippen molar-refractivity contribution in [1.29, 1.82) is 0 Å². The highest BCUT2D eigenvalue weighted by Gasteiger charge is 1.94. The maximum Gasteiger partial charge on any atom is 0.330 e. The standard InChI is InChI=1S/C9H11N3O2/c1-2-14-9(13)4-3-7-5-12-8(10)6-11-7/h3-6H,2H2,1H3,(H2,10,12). The van der Waals surface area contributed by atoms with Crippen LogP contribution in [-0.2, 0) is 9.53 Å². The van der Waals surface area contributed by atoms with E-state index in [4.69, 9.17) is 5.73 Å². The van der Waals surface area contributed by atoms with Crippen LogP contribution in [0, 0.1) is 0 Å². The molecular weight excluding hydrogens is 182 g/mol. The second kappa shape index (κ2) is 4.96. The normalized spacial score (nSPS) is 10.4. The van der Waals surface area contributed by atoms with Gasteiger partial charge in [-0.1, -0.05) is 0 Å². The first-order valence-corrected chi connectivity index (χ1v) is 4.14. The van der Waals surface area contributed by atoms with Crippen LogP contribution in [0.15, 0.2) is 18.5 Å². The summed E-state index contributed by atoms with van der Waals surface area (Å²) in [7, 11) is 0. The first kappa shape index (κ1) is 10.2. The fourth-order valence-corrected chi connectivity index (χ4v) is 0.778. The van der Waals surface area contributed by atoms with Crippen molar-refractivity contribution in [1.82, 2.24) is 9.97 Å². The van der Waals surface area contributed by atoms with Crippen LogP contribution in [0.1, 0.15) is 12.6 Å². The number of nitrogens with two attached hydrogens (primary N) is 1. The van der Waals surface area contributed by atoms with Crippen LogP contribution >= 0.6 is 0 Å². The van der Waals surface area contributed by atoms with Crippen LogP contribution < -0.4 is 5.73 Å². The van der Waals surface area contributed by atoms with Crippen LogP contribution in [0.2, 0.25) is 0 Å². The van der Waals surface area contributed by atoms with Gasteiger partial charge >= 0.3 is 5.97 Å². The number of aromatic nitrogens is 2. The molecule has 0 saturated carbocycles. The van der Waals surface area contributed by atoms with Crippen LogP contribution in [0.4, 0.5) is 5.82 Å². The Hall–Kier alpha value is -1.91. The number of carbonyl (C=O) groups excluding carboxylic acids is 1. The molecule has 0 radical (unpaired) electrons. The van der Waals surface area contributed by atoms with Crippen molar-refractivity contribution in [2.45, 2.75) is 6.92 Å². The topological polar surface area (TPSA) is 78.1 Å². The van der Waals surface area contributed by atoms with Gasteiger partial charge < -0.3 is 10.5 Å². The number of nitrogen functional groups attached to an aromatic ring is 1. The Morgan fingerprint density at radius 3 is 2.93 bits per heavy atom. The highest BCUT2D eigenvalue weighted by molar-refractivity contribution is 5.86. The van der Waals surface area contributed by atoms with Gasteiger partial charge in [0.2, 0.25) is 0 Å². The van der Waals surface area contributed by atoms with Gasteiger partial charge in [0.05, 0.1) is 24.7 Å². The molecule has 0 aromatic carbocycles. The van der Waals surface area contributed by atoms with Gasteiger partial charge in [-0.15, -0.1) is 0 Å². The van der Waals surface area contributed by atoms with Gasteiger partial charge in [0.25, 0.3) is 0 Å². The van der Waals surface area contributed by atoms with Crippen LogP contribution in [0.5, 0.6) is 0 Å². The van der Waals surface area contributed by atoms with Gasteiger partial charge in [-0.2, -0.15) is 0 Å². The fourth-order valence-electron chi connectivity index (χ4n) is 0.778. The predicted octanol–water partition coefficient (Wildman–Crippen LogP) is 0.635. The van der Waals surface area contributed by atoms with Crippen molar-refractivity contribution in [3.05, 3.63) is 24.2 Å². The summed E-state index contributed by atoms with van der Waals surface area (Å²) >= 11 is 0. The minimum absolute atomic E-state index is 0.346. The molecular formula is C9H11N3O2. The lowest BCUT2D eigenvalue weighted by Gasteiger charge is -1.95. The summed E-state index contributed by atoms with van der Waals surface area (Å²) in [6.45, 7) is 2.10. The van der Waals surface area contributed by atoms with Crippen LogP contribution in [-0.4, -0.2) is 22.5 Å². The van der Waals surface area contributed by atoms with Crippen LogP contribution in [0.25, 0.3) is 6.08 Å². The second-order valence-electron chi connectivity index (χ2n) is 2.45. The third-order valence-electron chi connectivity index (χ3n) is 1.37. The Morgan fingerprint density at radius 1 is 1.57 bits per heavy atom. The molecule has 0 aliphatic carbocycles. The SMILES string of the molecule is CCOC(=O)C=Cc1cnc(N)cn1. The summed E-state index contributed by atoms with van der Waals surface area (Å²) < 4.78 is 4.69. The highest BCUT2D eigenvalue weighted by Crippen LogP contribution is 1.98. The van der Waals surface area contributed by atoms with E-state index in [0.29, 0.717) is 18.1 Å². The molecule has 0 aliphatic rings. The number of carbonyl (C=O) groups is 1. The minimum Gasteiger partial charge on any atom is -0.463 e. The summed E-state index contributed by atoms with van der Waals surface area (Å²) in [5.41, 5.74) is 5.90. The van der Waals surface area contributed by atoms with Crippen molar-refractivity contribution in [3.63, 3.8) is 0 Å². The van der Waals surface area contributed by atoms with Crippen molar-refractivity contribution >= 4 is 17.9 Å². The van der Waals surface area contributed by atoms with Crippen molar-refractivity contribution in [2.24, 2.45) is 0 Å². The van der Waals surface area contributed by atoms with E-state index in [1.165, 1.54) is 24.5 Å². The van der Waals surface area contributed by atoms with Gasteiger partial charge in [0.15, 0.2) is 0 Å². The number of hydrogen-bond acceptors (Lipinski definition) is 5. The van der Waals surface area contributed by atoms with E-state index in [9.17, 15) is 4.79 Å². The lowest BCUT2D eigenvalue weighted by molar-refractivity contribution is -0.137. The summed E-state index contributed by atoms with van der Waals surface area (Å²) in [6.07, 6.45) is 5.71. The molecule has 1 aromatic rings. The summed E-state index contributed by atoms with van der Waals surface area (Å²) in [6, 6.07) is 0. The molecule has 0 bridgehead atoms. The van der Waals surface area contributed by atoms with E-state index in [1.807, 2.05) is 0 Å². The van der Waals surface area contributed by atoms with E-state index < -0.39 is 5.97 Å². The molecule has 0 amide bonds. The van der Waals surface area contributed by atoms with Crippen molar-refractivity contribution in [2.75, 3.05) is 12.3 Å². The Morgan fingerprint density at radius 2 is 2.36 bits per heavy atom. The number of hydrogen-bond donors (Lipinski definition) is 1. The highest BCUT2D eigenvalue weighted by atomic mass is 16.5. The lowest BCUT2D eigenvalue weighted by atomic mass is 10.4. The first-order valence-electron chi connectivity index (χ1n) is 4.14. The molecule has 1 rings (SSSR count). The van der Waals surface area contributed by atoms with E-state index in [0.717, 1.165) is 0 Å². The monoisotopic (exact) mass is 193 g/mol. The molecule has 14 heavy (non-hydrogen) atoms. The van der Waals surface area contributed by atoms with Crippen molar-refractivity contribution in [3.8, 4) is 0 Å². The number of esters is 1. The Balaban J connectivity index is 2.60. The van der Waals surface area contributed by atoms with E-state index >= 15 is 0 Å². The molecule has 0 atom stereocenters. The summed E-state index contributed by atoms with van der Waals surface area (Å²) in [5.74, 6) is -0.0515. The molecule has 5 nitrogen and oxygen atoms in total. The fraction of sp³-hybridized carbons (Fsp3) is 0.222. The van der Waals surface area contributed by atoms with Gasteiger partial charge in [-0.25, -0.2) is 9.78 Å². The average molecular weight is 193 g/mol. The third-order valence-corrected chi connectivity index (χ3v) is 1.37. The molecule has 0 saturated heterocycles. The van der Waals surface area contributed by atoms with E-state index in [2.05, 4.69) is 14.7 Å². The Labute approximate surface area is 81.6 Å². The average Bonchev–Trinajstić information content (AvgIpc) is 2.17. The van der Waals surface area contributed by atoms with E-state index in [-0.39, 0.29) is 0 Å². The Bertz CT molecular complexity index is 332. The number of rotatable bonds is 3. The summed E-state index contributed by atoms with van der Waals surface area (Å²) in [5, 5.41) is 0. The third kappa shape index (κ3) is 3.22. The summed E-state index contributed by atoms with van der Waals surface area (Å²) in [4.78, 5) is 18.6. The van der Waals surface area contributed by atoms with Crippen LogP contribution in [0.3, 0.4) is 0 Å².